The van der Waals surface area contributed by atoms with Crippen molar-refractivity contribution in [3.63, 3.8) is 0 Å². The number of aryl methyl sites for hydroxylation is 1. The predicted molar refractivity (Wildman–Crippen MR) is 106 cm³/mol. The van der Waals surface area contributed by atoms with Gasteiger partial charge in [0.15, 0.2) is 6.61 Å². The molecule has 0 bridgehead atoms. The minimum atomic E-state index is -0.245. The molecule has 3 rings (SSSR count). The molecule has 1 aliphatic heterocycles. The van der Waals surface area contributed by atoms with Crippen LogP contribution in [0.1, 0.15) is 5.56 Å². The fraction of sp³-hybridized carbons (Fsp3) is 0.350. The molecule has 0 unspecified atom stereocenters. The lowest BCUT2D eigenvalue weighted by Crippen LogP contribution is -2.37. The molecule has 0 saturated carbocycles. The van der Waals surface area contributed by atoms with Gasteiger partial charge in [-0.1, -0.05) is 11.6 Å². The van der Waals surface area contributed by atoms with Crippen LogP contribution >= 0.6 is 11.6 Å². The Morgan fingerprint density at radius 3 is 2.63 bits per heavy atom. The van der Waals surface area contributed by atoms with Crippen LogP contribution in [0.3, 0.4) is 0 Å². The van der Waals surface area contributed by atoms with Gasteiger partial charge in [-0.3, -0.25) is 4.79 Å². The molecule has 1 aliphatic rings. The molecule has 144 valence electrons. The second kappa shape index (κ2) is 8.97. The van der Waals surface area contributed by atoms with Gasteiger partial charge in [0.2, 0.25) is 0 Å². The number of carbonyl (C=O) groups excluding carboxylic acids is 1. The number of anilines is 2. The van der Waals surface area contributed by atoms with E-state index in [-0.39, 0.29) is 12.5 Å². The van der Waals surface area contributed by atoms with Crippen LogP contribution in [0.15, 0.2) is 36.4 Å². The van der Waals surface area contributed by atoms with Gasteiger partial charge < -0.3 is 24.4 Å². The quantitative estimate of drug-likeness (QED) is 0.817. The molecular weight excluding hydrogens is 368 g/mol. The van der Waals surface area contributed by atoms with Crippen molar-refractivity contribution in [3.05, 3.63) is 47.0 Å². The van der Waals surface area contributed by atoms with Gasteiger partial charge in [0.05, 0.1) is 31.7 Å². The van der Waals surface area contributed by atoms with E-state index in [1.165, 1.54) is 0 Å². The van der Waals surface area contributed by atoms with Crippen molar-refractivity contribution in [1.82, 2.24) is 0 Å². The number of morpholine rings is 1. The summed E-state index contributed by atoms with van der Waals surface area (Å²) in [6, 6.07) is 10.9. The van der Waals surface area contributed by atoms with Gasteiger partial charge in [-0.2, -0.15) is 0 Å². The predicted octanol–water partition coefficient (Wildman–Crippen LogP) is 3.51. The van der Waals surface area contributed by atoms with Crippen molar-refractivity contribution in [1.29, 1.82) is 0 Å². The molecule has 0 aromatic heterocycles. The molecule has 27 heavy (non-hydrogen) atoms. The van der Waals surface area contributed by atoms with Crippen LogP contribution < -0.4 is 19.7 Å². The Kier molecular flexibility index (Phi) is 6.42. The monoisotopic (exact) mass is 390 g/mol. The first-order valence-electron chi connectivity index (χ1n) is 8.76. The van der Waals surface area contributed by atoms with E-state index in [2.05, 4.69) is 10.2 Å². The minimum Gasteiger partial charge on any atom is -0.497 e. The van der Waals surface area contributed by atoms with Gasteiger partial charge >= 0.3 is 0 Å². The fourth-order valence-electron chi connectivity index (χ4n) is 2.86. The number of amides is 1. The van der Waals surface area contributed by atoms with Crippen LogP contribution in [0, 0.1) is 6.92 Å². The van der Waals surface area contributed by atoms with Crippen molar-refractivity contribution in [3.8, 4) is 11.5 Å². The minimum absolute atomic E-state index is 0.0964. The van der Waals surface area contributed by atoms with E-state index in [1.54, 1.807) is 25.3 Å². The van der Waals surface area contributed by atoms with Crippen LogP contribution in [0.5, 0.6) is 11.5 Å². The van der Waals surface area contributed by atoms with E-state index in [0.29, 0.717) is 35.4 Å². The molecule has 1 fully saturated rings. The van der Waals surface area contributed by atoms with Gasteiger partial charge in [0.25, 0.3) is 5.91 Å². The summed E-state index contributed by atoms with van der Waals surface area (Å²) in [7, 11) is 1.60. The van der Waals surface area contributed by atoms with E-state index in [0.717, 1.165) is 24.3 Å². The van der Waals surface area contributed by atoms with Gasteiger partial charge in [-0.15, -0.1) is 0 Å². The molecule has 1 N–H and O–H groups in total. The summed E-state index contributed by atoms with van der Waals surface area (Å²) in [5, 5.41) is 3.59. The molecular formula is C20H23ClN2O4. The van der Waals surface area contributed by atoms with E-state index in [9.17, 15) is 4.79 Å². The van der Waals surface area contributed by atoms with Gasteiger partial charge in [-0.05, 0) is 42.8 Å². The smallest absolute Gasteiger partial charge is 0.262 e. The van der Waals surface area contributed by atoms with Crippen molar-refractivity contribution in [2.24, 2.45) is 0 Å². The largest absolute Gasteiger partial charge is 0.497 e. The second-order valence-corrected chi connectivity index (χ2v) is 6.64. The van der Waals surface area contributed by atoms with Crippen LogP contribution in [0.2, 0.25) is 5.02 Å². The number of halogens is 1. The summed E-state index contributed by atoms with van der Waals surface area (Å²) in [5.74, 6) is 1.04. The summed E-state index contributed by atoms with van der Waals surface area (Å²) in [6.45, 7) is 4.67. The second-order valence-electron chi connectivity index (χ2n) is 6.23. The maximum atomic E-state index is 12.4. The number of ether oxygens (including phenoxy) is 3. The van der Waals surface area contributed by atoms with Crippen LogP contribution in [0.25, 0.3) is 0 Å². The summed E-state index contributed by atoms with van der Waals surface area (Å²) in [6.07, 6.45) is 0. The zero-order chi connectivity index (χ0) is 19.2. The first-order chi connectivity index (χ1) is 13.1. The molecule has 1 heterocycles. The average Bonchev–Trinajstić information content (AvgIpc) is 2.69. The normalized spacial score (nSPS) is 14.0. The number of nitrogens with zero attached hydrogens (tertiary/aromatic N) is 1. The van der Waals surface area contributed by atoms with E-state index in [1.807, 2.05) is 25.1 Å². The summed E-state index contributed by atoms with van der Waals surface area (Å²) < 4.78 is 16.3. The summed E-state index contributed by atoms with van der Waals surface area (Å²) >= 11 is 6.01. The summed E-state index contributed by atoms with van der Waals surface area (Å²) in [5.41, 5.74) is 2.53. The molecule has 1 saturated heterocycles. The number of rotatable bonds is 6. The van der Waals surface area contributed by atoms with Gasteiger partial charge in [0, 0.05) is 24.2 Å². The SMILES string of the molecule is COc1ccc(N2CCOCC2)c(NC(=O)COc2ccc(Cl)c(C)c2)c1. The third-order valence-corrected chi connectivity index (χ3v) is 4.75. The standard InChI is InChI=1S/C20H23ClN2O4/c1-14-11-16(3-5-17(14)21)27-13-20(24)22-18-12-15(25-2)4-6-19(18)23-7-9-26-10-8-23/h3-6,11-12H,7-10,13H2,1-2H3,(H,22,24). The maximum Gasteiger partial charge on any atom is 0.262 e. The molecule has 0 radical (unpaired) electrons. The van der Waals surface area contributed by atoms with Crippen molar-refractivity contribution in [2.75, 3.05) is 50.2 Å². The lowest BCUT2D eigenvalue weighted by atomic mass is 10.2. The molecule has 6 nitrogen and oxygen atoms in total. The molecule has 1 amide bonds. The first-order valence-corrected chi connectivity index (χ1v) is 9.14. The van der Waals surface area contributed by atoms with E-state index < -0.39 is 0 Å². The highest BCUT2D eigenvalue weighted by atomic mass is 35.5. The first kappa shape index (κ1) is 19.3. The highest BCUT2D eigenvalue weighted by Crippen LogP contribution is 2.31. The number of benzene rings is 2. The average molecular weight is 391 g/mol. The Morgan fingerprint density at radius 2 is 1.93 bits per heavy atom. The van der Waals surface area contributed by atoms with E-state index >= 15 is 0 Å². The number of methoxy groups -OCH3 is 1. The van der Waals surface area contributed by atoms with E-state index in [4.69, 9.17) is 25.8 Å². The third kappa shape index (κ3) is 5.05. The Hall–Kier alpha value is -2.44. The van der Waals surface area contributed by atoms with Crippen LogP contribution in [-0.2, 0) is 9.53 Å². The lowest BCUT2D eigenvalue weighted by Gasteiger charge is -2.30. The topological polar surface area (TPSA) is 60.0 Å². The van der Waals surface area contributed by atoms with Crippen molar-refractivity contribution in [2.45, 2.75) is 6.92 Å². The van der Waals surface area contributed by atoms with Gasteiger partial charge in [0.1, 0.15) is 11.5 Å². The van der Waals surface area contributed by atoms with Crippen molar-refractivity contribution < 1.29 is 19.0 Å². The Morgan fingerprint density at radius 1 is 1.19 bits per heavy atom. The summed E-state index contributed by atoms with van der Waals surface area (Å²) in [4.78, 5) is 14.6. The lowest BCUT2D eigenvalue weighted by molar-refractivity contribution is -0.118. The Labute approximate surface area is 164 Å². The Bertz CT molecular complexity index is 807. The third-order valence-electron chi connectivity index (χ3n) is 4.33. The fourth-order valence-corrected chi connectivity index (χ4v) is 2.98. The molecule has 2 aromatic carbocycles. The zero-order valence-electron chi connectivity index (χ0n) is 15.5. The molecule has 7 heteroatoms. The highest BCUT2D eigenvalue weighted by Gasteiger charge is 2.17. The number of hydrogen-bond acceptors (Lipinski definition) is 5. The van der Waals surface area contributed by atoms with Crippen LogP contribution in [0.4, 0.5) is 11.4 Å². The Balaban J connectivity index is 1.69. The number of hydrogen-bond donors (Lipinski definition) is 1. The van der Waals surface area contributed by atoms with Gasteiger partial charge in [-0.25, -0.2) is 0 Å². The van der Waals surface area contributed by atoms with Crippen LogP contribution in [-0.4, -0.2) is 45.9 Å². The molecule has 2 aromatic rings. The maximum absolute atomic E-state index is 12.4. The number of carbonyl (C=O) groups is 1. The molecule has 0 spiro atoms. The molecule has 0 atom stereocenters. The number of nitrogens with one attached hydrogen (secondary N) is 1. The van der Waals surface area contributed by atoms with Crippen molar-refractivity contribution >= 4 is 28.9 Å². The highest BCUT2D eigenvalue weighted by molar-refractivity contribution is 6.31. The zero-order valence-corrected chi connectivity index (χ0v) is 16.2. The molecule has 0 aliphatic carbocycles.